The molecule has 2 heterocycles. The van der Waals surface area contributed by atoms with Gasteiger partial charge in [-0.1, -0.05) is 12.8 Å². The van der Waals surface area contributed by atoms with Crippen LogP contribution < -0.4 is 16.4 Å². The van der Waals surface area contributed by atoms with Crippen molar-refractivity contribution in [3.8, 4) is 0 Å². The Hall–Kier alpha value is -3.49. The molecule has 1 aliphatic carbocycles. The van der Waals surface area contributed by atoms with E-state index >= 15 is 0 Å². The molecule has 3 rings (SSSR count). The van der Waals surface area contributed by atoms with Gasteiger partial charge in [-0.3, -0.25) is 15.3 Å². The molecule has 1 aliphatic rings. The molecule has 9 heteroatoms. The number of rotatable bonds is 6. The third-order valence-electron chi connectivity index (χ3n) is 4.82. The molecule has 0 bridgehead atoms. The summed E-state index contributed by atoms with van der Waals surface area (Å²) in [5.41, 5.74) is 8.07. The van der Waals surface area contributed by atoms with Crippen LogP contribution in [0.5, 0.6) is 0 Å². The molecule has 4 N–H and O–H groups in total. The lowest BCUT2D eigenvalue weighted by Gasteiger charge is -2.13. The number of amides is 2. The van der Waals surface area contributed by atoms with E-state index in [4.69, 9.17) is 10.5 Å². The first-order valence-corrected chi connectivity index (χ1v) is 9.95. The number of allylic oxidation sites excluding steroid dienone is 1. The fraction of sp³-hybridized carbons (Fsp3) is 0.381. The number of carbonyl (C=O) groups is 2. The summed E-state index contributed by atoms with van der Waals surface area (Å²) >= 11 is 0. The summed E-state index contributed by atoms with van der Waals surface area (Å²) in [7, 11) is 1.58. The number of hydrogen-bond acceptors (Lipinski definition) is 7. The van der Waals surface area contributed by atoms with E-state index in [1.54, 1.807) is 38.4 Å². The van der Waals surface area contributed by atoms with E-state index in [9.17, 15) is 9.59 Å². The molecule has 0 saturated heterocycles. The first-order valence-electron chi connectivity index (χ1n) is 9.95. The largest absolute Gasteiger partial charge is 0.461 e. The number of urea groups is 1. The molecule has 0 atom stereocenters. The van der Waals surface area contributed by atoms with Crippen molar-refractivity contribution in [3.05, 3.63) is 35.7 Å². The van der Waals surface area contributed by atoms with Crippen LogP contribution >= 0.6 is 0 Å². The Kier molecular flexibility index (Phi) is 6.95. The summed E-state index contributed by atoms with van der Waals surface area (Å²) in [4.78, 5) is 37.1. The summed E-state index contributed by atoms with van der Waals surface area (Å²) in [6, 6.07) is 5.14. The Morgan fingerprint density at radius 1 is 1.30 bits per heavy atom. The molecule has 0 aromatic carbocycles. The van der Waals surface area contributed by atoms with Gasteiger partial charge < -0.3 is 15.8 Å². The number of hydrogen-bond donors (Lipinski definition) is 3. The van der Waals surface area contributed by atoms with E-state index in [1.807, 2.05) is 0 Å². The highest BCUT2D eigenvalue weighted by atomic mass is 16.5. The van der Waals surface area contributed by atoms with Crippen LogP contribution in [0.25, 0.3) is 16.6 Å². The minimum Gasteiger partial charge on any atom is -0.461 e. The lowest BCUT2D eigenvalue weighted by molar-refractivity contribution is -0.138. The van der Waals surface area contributed by atoms with Crippen molar-refractivity contribution in [2.24, 2.45) is 10.7 Å². The van der Waals surface area contributed by atoms with Crippen LogP contribution in [0.15, 0.2) is 35.1 Å². The van der Waals surface area contributed by atoms with E-state index in [0.29, 0.717) is 28.0 Å². The number of ether oxygens (including phenoxy) is 1. The van der Waals surface area contributed by atoms with E-state index in [-0.39, 0.29) is 24.4 Å². The van der Waals surface area contributed by atoms with Crippen LogP contribution in [0.4, 0.5) is 10.6 Å². The van der Waals surface area contributed by atoms with Gasteiger partial charge in [-0.05, 0) is 38.0 Å². The molecule has 0 spiro atoms. The van der Waals surface area contributed by atoms with Gasteiger partial charge in [-0.2, -0.15) is 0 Å². The van der Waals surface area contributed by atoms with Gasteiger partial charge in [-0.25, -0.2) is 14.6 Å². The first-order chi connectivity index (χ1) is 14.5. The molecule has 158 valence electrons. The Morgan fingerprint density at radius 3 is 2.77 bits per heavy atom. The van der Waals surface area contributed by atoms with Crippen molar-refractivity contribution < 1.29 is 14.3 Å². The van der Waals surface area contributed by atoms with Gasteiger partial charge in [0, 0.05) is 36.6 Å². The fourth-order valence-electron chi connectivity index (χ4n) is 3.38. The lowest BCUT2D eigenvalue weighted by Crippen LogP contribution is -2.36. The number of esters is 1. The van der Waals surface area contributed by atoms with E-state index in [2.05, 4.69) is 25.6 Å². The Balaban J connectivity index is 1.87. The maximum absolute atomic E-state index is 12.2. The van der Waals surface area contributed by atoms with Gasteiger partial charge in [0.05, 0.1) is 17.6 Å². The normalized spacial score (nSPS) is 15.3. The van der Waals surface area contributed by atoms with Crippen molar-refractivity contribution in [2.45, 2.75) is 38.6 Å². The van der Waals surface area contributed by atoms with Crippen molar-refractivity contribution in [3.63, 3.8) is 0 Å². The number of nitrogens with two attached hydrogens (primary N) is 1. The van der Waals surface area contributed by atoms with Crippen molar-refractivity contribution in [1.82, 2.24) is 15.3 Å². The van der Waals surface area contributed by atoms with Crippen molar-refractivity contribution in [1.29, 1.82) is 0 Å². The molecule has 0 radical (unpaired) electrons. The SMILES string of the molecule is CCOC(=O)C(N)=C(C=NC)c1cnc2ccc(NC(=O)NC3CCCC3)nc2c1. The van der Waals surface area contributed by atoms with E-state index in [1.165, 1.54) is 6.21 Å². The molecular formula is C21H26N6O3. The molecular weight excluding hydrogens is 384 g/mol. The molecule has 2 amide bonds. The summed E-state index contributed by atoms with van der Waals surface area (Å²) in [6.07, 6.45) is 7.35. The highest BCUT2D eigenvalue weighted by molar-refractivity contribution is 6.17. The second-order valence-corrected chi connectivity index (χ2v) is 6.97. The quantitative estimate of drug-likeness (QED) is 0.381. The summed E-state index contributed by atoms with van der Waals surface area (Å²) in [5.74, 6) is -0.218. The fourth-order valence-corrected chi connectivity index (χ4v) is 3.38. The minimum absolute atomic E-state index is 0.0613. The number of fused-ring (bicyclic) bond motifs is 1. The van der Waals surface area contributed by atoms with Crippen LogP contribution in [0.2, 0.25) is 0 Å². The number of aliphatic imine (C=N–C) groups is 1. The molecule has 9 nitrogen and oxygen atoms in total. The topological polar surface area (TPSA) is 132 Å². The number of nitrogens with zero attached hydrogens (tertiary/aromatic N) is 3. The average molecular weight is 410 g/mol. The average Bonchev–Trinajstić information content (AvgIpc) is 3.24. The highest BCUT2D eigenvalue weighted by Gasteiger charge is 2.18. The first kappa shape index (κ1) is 21.2. The Morgan fingerprint density at radius 2 is 2.07 bits per heavy atom. The smallest absolute Gasteiger partial charge is 0.354 e. The zero-order valence-corrected chi connectivity index (χ0v) is 17.1. The van der Waals surface area contributed by atoms with Crippen LogP contribution in [0.1, 0.15) is 38.2 Å². The third-order valence-corrected chi connectivity index (χ3v) is 4.82. The Labute approximate surface area is 174 Å². The molecule has 1 saturated carbocycles. The molecule has 1 fully saturated rings. The van der Waals surface area contributed by atoms with Crippen LogP contribution in [0, 0.1) is 0 Å². The van der Waals surface area contributed by atoms with E-state index < -0.39 is 5.97 Å². The van der Waals surface area contributed by atoms with Crippen molar-refractivity contribution >= 4 is 40.6 Å². The number of carbonyl (C=O) groups excluding carboxylic acids is 2. The second kappa shape index (κ2) is 9.82. The number of pyridine rings is 2. The van der Waals surface area contributed by atoms with Crippen LogP contribution in [0.3, 0.4) is 0 Å². The van der Waals surface area contributed by atoms with Gasteiger partial charge in [0.15, 0.2) is 0 Å². The number of anilines is 1. The number of nitrogens with one attached hydrogen (secondary N) is 2. The lowest BCUT2D eigenvalue weighted by atomic mass is 10.1. The summed E-state index contributed by atoms with van der Waals surface area (Å²) in [5, 5.41) is 5.73. The van der Waals surface area contributed by atoms with Gasteiger partial charge in [0.25, 0.3) is 0 Å². The van der Waals surface area contributed by atoms with Gasteiger partial charge >= 0.3 is 12.0 Å². The van der Waals surface area contributed by atoms with E-state index in [0.717, 1.165) is 25.7 Å². The maximum atomic E-state index is 12.2. The molecule has 2 aromatic rings. The zero-order valence-electron chi connectivity index (χ0n) is 17.1. The minimum atomic E-state index is -0.626. The second-order valence-electron chi connectivity index (χ2n) is 6.97. The van der Waals surface area contributed by atoms with Crippen LogP contribution in [-0.4, -0.2) is 47.9 Å². The van der Waals surface area contributed by atoms with Crippen LogP contribution in [-0.2, 0) is 9.53 Å². The van der Waals surface area contributed by atoms with Gasteiger partial charge in [-0.15, -0.1) is 0 Å². The van der Waals surface area contributed by atoms with Crippen molar-refractivity contribution in [2.75, 3.05) is 19.0 Å². The standard InChI is InChI=1S/C21H26N6O3/c1-3-30-20(28)19(22)15(12-23-2)13-10-17-16(24-11-13)8-9-18(26-17)27-21(29)25-14-6-4-5-7-14/h8-12,14H,3-7,22H2,1-2H3,(H2,25,26,27,29). The predicted octanol–water partition coefficient (Wildman–Crippen LogP) is 2.63. The molecule has 2 aromatic heterocycles. The maximum Gasteiger partial charge on any atom is 0.354 e. The summed E-state index contributed by atoms with van der Waals surface area (Å²) in [6.45, 7) is 1.92. The highest BCUT2D eigenvalue weighted by Crippen LogP contribution is 2.21. The Bertz CT molecular complexity index is 995. The molecule has 30 heavy (non-hydrogen) atoms. The zero-order chi connectivity index (χ0) is 21.5. The monoisotopic (exact) mass is 410 g/mol. The molecule has 0 unspecified atom stereocenters. The van der Waals surface area contributed by atoms with Gasteiger partial charge in [0.1, 0.15) is 11.5 Å². The number of aromatic nitrogens is 2. The predicted molar refractivity (Wildman–Crippen MR) is 116 cm³/mol. The van der Waals surface area contributed by atoms with Gasteiger partial charge in [0.2, 0.25) is 0 Å². The summed E-state index contributed by atoms with van der Waals surface area (Å²) < 4.78 is 4.98. The molecule has 0 aliphatic heterocycles. The third kappa shape index (κ3) is 5.11.